The molecule has 0 unspecified atom stereocenters. The van der Waals surface area contributed by atoms with Gasteiger partial charge < -0.3 is 20.5 Å². The number of hydrogen-bond donors (Lipinski definition) is 2. The minimum Gasteiger partial charge on any atom is -0.493 e. The van der Waals surface area contributed by atoms with E-state index in [-0.39, 0.29) is 18.3 Å². The maximum absolute atomic E-state index is 12.6. The Kier molecular flexibility index (Phi) is 5.67. The summed E-state index contributed by atoms with van der Waals surface area (Å²) >= 11 is 0. The minimum absolute atomic E-state index is 0. The van der Waals surface area contributed by atoms with Gasteiger partial charge in [-0.25, -0.2) is 0 Å². The van der Waals surface area contributed by atoms with Gasteiger partial charge in [0.25, 0.3) is 0 Å². The van der Waals surface area contributed by atoms with Gasteiger partial charge in [-0.05, 0) is 49.4 Å². The molecule has 2 heterocycles. The van der Waals surface area contributed by atoms with Gasteiger partial charge >= 0.3 is 0 Å². The molecule has 1 aromatic rings. The largest absolute Gasteiger partial charge is 0.493 e. The number of amides is 1. The Hall–Kier alpha value is -1.30. The Morgan fingerprint density at radius 1 is 1.27 bits per heavy atom. The number of halogens is 1. The number of anilines is 1. The van der Waals surface area contributed by atoms with Crippen LogP contribution in [0.15, 0.2) is 18.2 Å². The molecule has 1 amide bonds. The predicted octanol–water partition coefficient (Wildman–Crippen LogP) is 2.13. The molecule has 1 saturated heterocycles. The van der Waals surface area contributed by atoms with Crippen molar-refractivity contribution in [2.45, 2.75) is 25.7 Å². The van der Waals surface area contributed by atoms with E-state index in [1.54, 1.807) is 0 Å². The molecule has 1 aromatic carbocycles. The van der Waals surface area contributed by atoms with Crippen molar-refractivity contribution < 1.29 is 14.3 Å². The van der Waals surface area contributed by atoms with E-state index >= 15 is 0 Å². The first-order chi connectivity index (χ1) is 10.2. The number of ether oxygens (including phenoxy) is 2. The number of hydrogen-bond acceptors (Lipinski definition) is 4. The van der Waals surface area contributed by atoms with Crippen LogP contribution < -0.4 is 15.8 Å². The van der Waals surface area contributed by atoms with Gasteiger partial charge in [0.2, 0.25) is 5.91 Å². The van der Waals surface area contributed by atoms with Crippen molar-refractivity contribution in [3.05, 3.63) is 23.8 Å². The highest BCUT2D eigenvalue weighted by atomic mass is 35.5. The predicted molar refractivity (Wildman–Crippen MR) is 87.7 cm³/mol. The van der Waals surface area contributed by atoms with Gasteiger partial charge in [-0.1, -0.05) is 0 Å². The lowest BCUT2D eigenvalue weighted by atomic mass is 9.79. The summed E-state index contributed by atoms with van der Waals surface area (Å²) in [7, 11) is 0. The Morgan fingerprint density at radius 2 is 2.05 bits per heavy atom. The maximum Gasteiger partial charge on any atom is 0.232 e. The van der Waals surface area contributed by atoms with Gasteiger partial charge in [-0.2, -0.15) is 0 Å². The van der Waals surface area contributed by atoms with Crippen molar-refractivity contribution in [2.24, 2.45) is 11.1 Å². The molecular weight excluding hydrogens is 304 g/mol. The smallest absolute Gasteiger partial charge is 0.232 e. The van der Waals surface area contributed by atoms with Crippen LogP contribution in [0.3, 0.4) is 0 Å². The summed E-state index contributed by atoms with van der Waals surface area (Å²) in [5.74, 6) is 0.934. The highest BCUT2D eigenvalue weighted by Crippen LogP contribution is 2.32. The van der Waals surface area contributed by atoms with Gasteiger partial charge in [0, 0.05) is 25.4 Å². The lowest BCUT2D eigenvalue weighted by Gasteiger charge is -2.34. The molecule has 5 nitrogen and oxygen atoms in total. The van der Waals surface area contributed by atoms with E-state index in [0.717, 1.165) is 36.4 Å². The second-order valence-electron chi connectivity index (χ2n) is 5.83. The van der Waals surface area contributed by atoms with Crippen LogP contribution in [-0.2, 0) is 16.0 Å². The number of carbonyl (C=O) groups is 1. The molecule has 6 heteroatoms. The van der Waals surface area contributed by atoms with Crippen molar-refractivity contribution in [1.29, 1.82) is 0 Å². The fourth-order valence-electron chi connectivity index (χ4n) is 2.99. The second kappa shape index (κ2) is 7.31. The number of carbonyl (C=O) groups excluding carboxylic acids is 1. The number of fused-ring (bicyclic) bond motifs is 1. The molecule has 0 spiro atoms. The number of benzene rings is 1. The third kappa shape index (κ3) is 3.37. The summed E-state index contributed by atoms with van der Waals surface area (Å²) in [6.45, 7) is 2.33. The zero-order chi connectivity index (χ0) is 14.7. The first-order valence-corrected chi connectivity index (χ1v) is 7.58. The first kappa shape index (κ1) is 17.1. The Morgan fingerprint density at radius 3 is 2.77 bits per heavy atom. The second-order valence-corrected chi connectivity index (χ2v) is 5.83. The third-order valence-electron chi connectivity index (χ3n) is 4.49. The SMILES string of the molecule is Cl.NCC1(C(=O)Nc2ccc3c(c2)CCCO3)CCOCC1. The number of nitrogens with one attached hydrogen (secondary N) is 1. The number of nitrogens with two attached hydrogens (primary N) is 1. The van der Waals surface area contributed by atoms with Gasteiger partial charge in [-0.15, -0.1) is 12.4 Å². The van der Waals surface area contributed by atoms with Crippen LogP contribution >= 0.6 is 12.4 Å². The Balaban J connectivity index is 0.00000176. The summed E-state index contributed by atoms with van der Waals surface area (Å²) in [6, 6.07) is 5.84. The zero-order valence-corrected chi connectivity index (χ0v) is 13.4. The van der Waals surface area contributed by atoms with E-state index in [2.05, 4.69) is 5.32 Å². The van der Waals surface area contributed by atoms with Gasteiger partial charge in [-0.3, -0.25) is 4.79 Å². The van der Waals surface area contributed by atoms with Gasteiger partial charge in [0.15, 0.2) is 0 Å². The third-order valence-corrected chi connectivity index (χ3v) is 4.49. The fraction of sp³-hybridized carbons (Fsp3) is 0.562. The molecule has 22 heavy (non-hydrogen) atoms. The summed E-state index contributed by atoms with van der Waals surface area (Å²) in [4.78, 5) is 12.6. The molecule has 0 saturated carbocycles. The van der Waals surface area contributed by atoms with E-state index in [1.807, 2.05) is 18.2 Å². The molecular formula is C16H23ClN2O3. The summed E-state index contributed by atoms with van der Waals surface area (Å²) in [6.07, 6.45) is 3.39. The van der Waals surface area contributed by atoms with Gasteiger partial charge in [0.05, 0.1) is 12.0 Å². The molecule has 122 valence electrons. The average Bonchev–Trinajstić information content (AvgIpc) is 2.55. The molecule has 0 radical (unpaired) electrons. The normalized spacial score (nSPS) is 19.3. The van der Waals surface area contributed by atoms with Crippen LogP contribution in [0.2, 0.25) is 0 Å². The topological polar surface area (TPSA) is 73.6 Å². The molecule has 1 fully saturated rings. The maximum atomic E-state index is 12.6. The molecule has 2 aliphatic heterocycles. The zero-order valence-electron chi connectivity index (χ0n) is 12.6. The molecule has 2 aliphatic rings. The monoisotopic (exact) mass is 326 g/mol. The lowest BCUT2D eigenvalue weighted by Crippen LogP contribution is -2.46. The fourth-order valence-corrected chi connectivity index (χ4v) is 2.99. The molecule has 3 rings (SSSR count). The van der Waals surface area contributed by atoms with Gasteiger partial charge in [0.1, 0.15) is 5.75 Å². The van der Waals surface area contributed by atoms with Crippen LogP contribution in [0.5, 0.6) is 5.75 Å². The first-order valence-electron chi connectivity index (χ1n) is 7.58. The molecule has 0 atom stereocenters. The van der Waals surface area contributed by atoms with Crippen LogP contribution in [0, 0.1) is 5.41 Å². The van der Waals surface area contributed by atoms with Crippen LogP contribution in [0.4, 0.5) is 5.69 Å². The Labute approximate surface area is 137 Å². The van der Waals surface area contributed by atoms with Crippen molar-refractivity contribution in [2.75, 3.05) is 31.7 Å². The summed E-state index contributed by atoms with van der Waals surface area (Å²) in [5, 5.41) is 3.02. The van der Waals surface area contributed by atoms with Crippen LogP contribution in [-0.4, -0.2) is 32.3 Å². The van der Waals surface area contributed by atoms with E-state index < -0.39 is 5.41 Å². The number of aryl methyl sites for hydroxylation is 1. The van der Waals surface area contributed by atoms with Crippen LogP contribution in [0.25, 0.3) is 0 Å². The van der Waals surface area contributed by atoms with E-state index in [0.29, 0.717) is 32.6 Å². The van der Waals surface area contributed by atoms with Crippen LogP contribution in [0.1, 0.15) is 24.8 Å². The summed E-state index contributed by atoms with van der Waals surface area (Å²) in [5.41, 5.74) is 7.35. The minimum atomic E-state index is -0.495. The quantitative estimate of drug-likeness (QED) is 0.892. The lowest BCUT2D eigenvalue weighted by molar-refractivity contribution is -0.130. The number of rotatable bonds is 3. The van der Waals surface area contributed by atoms with Crippen molar-refractivity contribution in [3.8, 4) is 5.75 Å². The Bertz CT molecular complexity index is 530. The standard InChI is InChI=1S/C16H22N2O3.ClH/c17-11-16(5-8-20-9-6-16)15(19)18-13-3-4-14-12(10-13)2-1-7-21-14;/h3-4,10H,1-2,5-9,11,17H2,(H,18,19);1H. The summed E-state index contributed by atoms with van der Waals surface area (Å²) < 4.78 is 10.9. The van der Waals surface area contributed by atoms with Crippen molar-refractivity contribution in [1.82, 2.24) is 0 Å². The average molecular weight is 327 g/mol. The van der Waals surface area contributed by atoms with Crippen molar-refractivity contribution >= 4 is 24.0 Å². The van der Waals surface area contributed by atoms with E-state index in [1.165, 1.54) is 0 Å². The van der Waals surface area contributed by atoms with E-state index in [4.69, 9.17) is 15.2 Å². The molecule has 0 aliphatic carbocycles. The highest BCUT2D eigenvalue weighted by molar-refractivity contribution is 5.95. The highest BCUT2D eigenvalue weighted by Gasteiger charge is 2.38. The molecule has 0 bridgehead atoms. The molecule has 0 aromatic heterocycles. The molecule has 3 N–H and O–H groups in total. The van der Waals surface area contributed by atoms with Crippen molar-refractivity contribution in [3.63, 3.8) is 0 Å². The van der Waals surface area contributed by atoms with E-state index in [9.17, 15) is 4.79 Å².